The first-order chi connectivity index (χ1) is 6.75. The first-order valence-corrected chi connectivity index (χ1v) is 5.18. The van der Waals surface area contributed by atoms with Crippen LogP contribution in [0.2, 0.25) is 0 Å². The van der Waals surface area contributed by atoms with Crippen molar-refractivity contribution in [1.29, 1.82) is 0 Å². The van der Waals surface area contributed by atoms with Crippen LogP contribution in [0, 0.1) is 6.92 Å². The molecule has 0 aliphatic heterocycles. The van der Waals surface area contributed by atoms with Gasteiger partial charge in [-0.2, -0.15) is 0 Å². The Labute approximate surface area is 86.6 Å². The second-order valence-corrected chi connectivity index (χ2v) is 4.21. The van der Waals surface area contributed by atoms with Gasteiger partial charge in [-0.25, -0.2) is 4.98 Å². The fourth-order valence-corrected chi connectivity index (χ4v) is 2.17. The highest BCUT2D eigenvalue weighted by molar-refractivity contribution is 7.15. The third kappa shape index (κ3) is 1.90. The Morgan fingerprint density at radius 3 is 2.64 bits per heavy atom. The molecule has 0 unspecified atom stereocenters. The van der Waals surface area contributed by atoms with E-state index in [1.54, 1.807) is 23.7 Å². The highest BCUT2D eigenvalue weighted by Crippen LogP contribution is 2.22. The molecule has 0 aromatic carbocycles. The summed E-state index contributed by atoms with van der Waals surface area (Å²) in [6.45, 7) is 1.99. The second-order valence-electron chi connectivity index (χ2n) is 3.09. The summed E-state index contributed by atoms with van der Waals surface area (Å²) in [5, 5.41) is 0.645. The van der Waals surface area contributed by atoms with E-state index in [9.17, 15) is 0 Å². The molecule has 0 aliphatic carbocycles. The molecule has 4 heteroatoms. The maximum atomic E-state index is 5.63. The number of nitrogens with zero attached hydrogens (tertiary/aromatic N) is 2. The predicted octanol–water partition coefficient (Wildman–Crippen LogP) is 2.02. The predicted molar refractivity (Wildman–Crippen MR) is 58.3 cm³/mol. The first kappa shape index (κ1) is 9.15. The number of thiazole rings is 1. The molecule has 0 aliphatic rings. The number of pyridine rings is 1. The van der Waals surface area contributed by atoms with Crippen LogP contribution in [-0.4, -0.2) is 9.97 Å². The summed E-state index contributed by atoms with van der Waals surface area (Å²) < 4.78 is 0. The van der Waals surface area contributed by atoms with Crippen molar-refractivity contribution in [1.82, 2.24) is 9.97 Å². The van der Waals surface area contributed by atoms with Crippen molar-refractivity contribution in [2.75, 3.05) is 5.73 Å². The SMILES string of the molecule is Cc1nc(N)sc1Cc1ccncc1. The van der Waals surface area contributed by atoms with Crippen LogP contribution in [0.3, 0.4) is 0 Å². The molecular weight excluding hydrogens is 194 g/mol. The molecule has 0 atom stereocenters. The summed E-state index contributed by atoms with van der Waals surface area (Å²) in [7, 11) is 0. The number of hydrogen-bond acceptors (Lipinski definition) is 4. The van der Waals surface area contributed by atoms with E-state index in [1.165, 1.54) is 10.4 Å². The minimum absolute atomic E-state index is 0.645. The molecular formula is C10H11N3S. The fraction of sp³-hybridized carbons (Fsp3) is 0.200. The van der Waals surface area contributed by atoms with E-state index in [0.717, 1.165) is 12.1 Å². The summed E-state index contributed by atoms with van der Waals surface area (Å²) >= 11 is 1.56. The van der Waals surface area contributed by atoms with Gasteiger partial charge in [0.1, 0.15) is 0 Å². The summed E-state index contributed by atoms with van der Waals surface area (Å²) in [6, 6.07) is 4.02. The van der Waals surface area contributed by atoms with Crippen molar-refractivity contribution < 1.29 is 0 Å². The number of hydrogen-bond donors (Lipinski definition) is 1. The summed E-state index contributed by atoms with van der Waals surface area (Å²) in [4.78, 5) is 9.40. The summed E-state index contributed by atoms with van der Waals surface area (Å²) in [6.07, 6.45) is 4.49. The number of aromatic nitrogens is 2. The second kappa shape index (κ2) is 3.75. The van der Waals surface area contributed by atoms with E-state index in [1.807, 2.05) is 19.1 Å². The van der Waals surface area contributed by atoms with Crippen LogP contribution in [0.25, 0.3) is 0 Å². The third-order valence-corrected chi connectivity index (χ3v) is 3.01. The highest BCUT2D eigenvalue weighted by atomic mass is 32.1. The normalized spacial score (nSPS) is 10.4. The molecule has 3 nitrogen and oxygen atoms in total. The lowest BCUT2D eigenvalue weighted by Crippen LogP contribution is -1.87. The average Bonchev–Trinajstić information content (AvgIpc) is 2.47. The monoisotopic (exact) mass is 205 g/mol. The van der Waals surface area contributed by atoms with E-state index < -0.39 is 0 Å². The van der Waals surface area contributed by atoms with Gasteiger partial charge < -0.3 is 5.73 Å². The third-order valence-electron chi connectivity index (χ3n) is 2.02. The number of aryl methyl sites for hydroxylation is 1. The van der Waals surface area contributed by atoms with E-state index in [0.29, 0.717) is 5.13 Å². The van der Waals surface area contributed by atoms with Gasteiger partial charge in [0.2, 0.25) is 0 Å². The molecule has 14 heavy (non-hydrogen) atoms. The number of anilines is 1. The Morgan fingerprint density at radius 2 is 2.07 bits per heavy atom. The maximum Gasteiger partial charge on any atom is 0.180 e. The number of rotatable bonds is 2. The molecule has 2 heterocycles. The first-order valence-electron chi connectivity index (χ1n) is 4.36. The average molecular weight is 205 g/mol. The summed E-state index contributed by atoms with van der Waals surface area (Å²) in [5.41, 5.74) is 7.90. The zero-order valence-corrected chi connectivity index (χ0v) is 8.71. The van der Waals surface area contributed by atoms with Crippen molar-refractivity contribution in [2.45, 2.75) is 13.3 Å². The van der Waals surface area contributed by atoms with E-state index in [4.69, 9.17) is 5.73 Å². The molecule has 0 bridgehead atoms. The van der Waals surface area contributed by atoms with Crippen molar-refractivity contribution in [3.8, 4) is 0 Å². The lowest BCUT2D eigenvalue weighted by atomic mass is 10.1. The van der Waals surface area contributed by atoms with Gasteiger partial charge in [-0.1, -0.05) is 0 Å². The van der Waals surface area contributed by atoms with Gasteiger partial charge in [0.15, 0.2) is 5.13 Å². The standard InChI is InChI=1S/C10H11N3S/c1-7-9(14-10(11)13-7)6-8-2-4-12-5-3-8/h2-5H,6H2,1H3,(H2,11,13). The van der Waals surface area contributed by atoms with Gasteiger partial charge in [0.05, 0.1) is 5.69 Å². The van der Waals surface area contributed by atoms with Gasteiger partial charge in [-0.15, -0.1) is 11.3 Å². The van der Waals surface area contributed by atoms with Crippen molar-refractivity contribution >= 4 is 16.5 Å². The molecule has 72 valence electrons. The van der Waals surface area contributed by atoms with Crippen LogP contribution in [0.1, 0.15) is 16.1 Å². The Bertz CT molecular complexity index is 422. The van der Waals surface area contributed by atoms with E-state index in [-0.39, 0.29) is 0 Å². The maximum absolute atomic E-state index is 5.63. The van der Waals surface area contributed by atoms with Crippen LogP contribution in [-0.2, 0) is 6.42 Å². The van der Waals surface area contributed by atoms with Gasteiger partial charge in [-0.3, -0.25) is 4.98 Å². The smallest absolute Gasteiger partial charge is 0.180 e. The molecule has 2 rings (SSSR count). The molecule has 0 radical (unpaired) electrons. The molecule has 0 saturated carbocycles. The van der Waals surface area contributed by atoms with Crippen molar-refractivity contribution in [3.05, 3.63) is 40.7 Å². The lowest BCUT2D eigenvalue weighted by Gasteiger charge is -1.97. The fourth-order valence-electron chi connectivity index (χ4n) is 1.30. The number of nitrogen functional groups attached to an aromatic ring is 1. The van der Waals surface area contributed by atoms with Crippen LogP contribution < -0.4 is 5.73 Å². The molecule has 0 spiro atoms. The van der Waals surface area contributed by atoms with Gasteiger partial charge in [0, 0.05) is 23.7 Å². The van der Waals surface area contributed by atoms with Crippen LogP contribution in [0.15, 0.2) is 24.5 Å². The Morgan fingerprint density at radius 1 is 1.36 bits per heavy atom. The largest absolute Gasteiger partial charge is 0.375 e. The molecule has 2 aromatic rings. The number of nitrogens with two attached hydrogens (primary N) is 1. The highest BCUT2D eigenvalue weighted by Gasteiger charge is 2.05. The Balaban J connectivity index is 2.23. The van der Waals surface area contributed by atoms with Crippen molar-refractivity contribution in [2.24, 2.45) is 0 Å². The van der Waals surface area contributed by atoms with Crippen molar-refractivity contribution in [3.63, 3.8) is 0 Å². The van der Waals surface area contributed by atoms with E-state index >= 15 is 0 Å². The van der Waals surface area contributed by atoms with Crippen LogP contribution in [0.5, 0.6) is 0 Å². The van der Waals surface area contributed by atoms with Gasteiger partial charge >= 0.3 is 0 Å². The van der Waals surface area contributed by atoms with E-state index in [2.05, 4.69) is 9.97 Å². The van der Waals surface area contributed by atoms with Crippen LogP contribution in [0.4, 0.5) is 5.13 Å². The zero-order valence-electron chi connectivity index (χ0n) is 7.90. The minimum Gasteiger partial charge on any atom is -0.375 e. The topological polar surface area (TPSA) is 51.8 Å². The van der Waals surface area contributed by atoms with Crippen LogP contribution >= 0.6 is 11.3 Å². The molecule has 0 amide bonds. The molecule has 2 aromatic heterocycles. The quantitative estimate of drug-likeness (QED) is 0.816. The molecule has 0 fully saturated rings. The minimum atomic E-state index is 0.645. The Kier molecular flexibility index (Phi) is 2.45. The molecule has 0 saturated heterocycles. The summed E-state index contributed by atoms with van der Waals surface area (Å²) in [5.74, 6) is 0. The molecule has 2 N–H and O–H groups in total. The van der Waals surface area contributed by atoms with Gasteiger partial charge in [-0.05, 0) is 24.6 Å². The lowest BCUT2D eigenvalue weighted by molar-refractivity contribution is 1.14. The Hall–Kier alpha value is -1.42. The van der Waals surface area contributed by atoms with Gasteiger partial charge in [0.25, 0.3) is 0 Å². The zero-order chi connectivity index (χ0) is 9.97.